The number of hydrogen-bond donors (Lipinski definition) is 0. The highest BCUT2D eigenvalue weighted by Gasteiger charge is 2.31. The Morgan fingerprint density at radius 2 is 1.76 bits per heavy atom. The Bertz CT molecular complexity index is 948. The van der Waals surface area contributed by atoms with E-state index in [1.165, 1.54) is 33.1 Å². The Morgan fingerprint density at radius 1 is 1.12 bits per heavy atom. The van der Waals surface area contributed by atoms with Crippen LogP contribution in [0.25, 0.3) is 11.5 Å². The lowest BCUT2D eigenvalue weighted by atomic mass is 9.97. The van der Waals surface area contributed by atoms with E-state index in [0.717, 1.165) is 0 Å². The first-order chi connectivity index (χ1) is 15.9. The number of amides is 1. The van der Waals surface area contributed by atoms with Crippen LogP contribution in [0.2, 0.25) is 0 Å². The van der Waals surface area contributed by atoms with E-state index >= 15 is 0 Å². The predicted molar refractivity (Wildman–Crippen MR) is 121 cm³/mol. The van der Waals surface area contributed by atoms with Gasteiger partial charge in [0.15, 0.2) is 11.5 Å². The van der Waals surface area contributed by atoms with Crippen molar-refractivity contribution in [1.29, 1.82) is 0 Å². The summed E-state index contributed by atoms with van der Waals surface area (Å²) < 4.78 is 26.9. The summed E-state index contributed by atoms with van der Waals surface area (Å²) in [5.74, 6) is 1.31. The Kier molecular flexibility index (Phi) is 8.43. The summed E-state index contributed by atoms with van der Waals surface area (Å²) in [6.45, 7) is 5.00. The number of esters is 1. The van der Waals surface area contributed by atoms with E-state index in [0.29, 0.717) is 55.4 Å². The normalized spacial score (nSPS) is 15.1. The van der Waals surface area contributed by atoms with Gasteiger partial charge in [0.25, 0.3) is 5.22 Å². The van der Waals surface area contributed by atoms with Crippen LogP contribution in [0.4, 0.5) is 0 Å². The number of likely N-dealkylation sites (tertiary alicyclic amines) is 1. The van der Waals surface area contributed by atoms with Gasteiger partial charge in [-0.2, -0.15) is 0 Å². The zero-order valence-corrected chi connectivity index (χ0v) is 20.3. The van der Waals surface area contributed by atoms with Gasteiger partial charge in [0.05, 0.1) is 39.1 Å². The maximum Gasteiger partial charge on any atom is 0.309 e. The van der Waals surface area contributed by atoms with Crippen molar-refractivity contribution in [2.75, 3.05) is 41.0 Å². The van der Waals surface area contributed by atoms with E-state index in [-0.39, 0.29) is 28.9 Å². The maximum absolute atomic E-state index is 12.9. The van der Waals surface area contributed by atoms with Gasteiger partial charge in [0.1, 0.15) is 0 Å². The molecule has 10 nitrogen and oxygen atoms in total. The summed E-state index contributed by atoms with van der Waals surface area (Å²) in [6.07, 6.45) is 1.21. The van der Waals surface area contributed by atoms with Crippen molar-refractivity contribution in [3.05, 3.63) is 12.1 Å². The second-order valence-electron chi connectivity index (χ2n) is 7.40. The van der Waals surface area contributed by atoms with Gasteiger partial charge in [-0.1, -0.05) is 11.8 Å². The molecular formula is C22H29N3O7S. The highest BCUT2D eigenvalue weighted by atomic mass is 32.2. The molecule has 0 saturated carbocycles. The van der Waals surface area contributed by atoms with Crippen LogP contribution in [-0.4, -0.2) is 73.2 Å². The third kappa shape index (κ3) is 5.70. The van der Waals surface area contributed by atoms with Gasteiger partial charge in [-0.3, -0.25) is 9.59 Å². The first kappa shape index (κ1) is 24.7. The van der Waals surface area contributed by atoms with Crippen LogP contribution >= 0.6 is 11.8 Å². The third-order valence-electron chi connectivity index (χ3n) is 5.37. The Hall–Kier alpha value is -2.95. The smallest absolute Gasteiger partial charge is 0.309 e. The van der Waals surface area contributed by atoms with Crippen LogP contribution < -0.4 is 14.2 Å². The molecule has 11 heteroatoms. The van der Waals surface area contributed by atoms with Gasteiger partial charge in [0.2, 0.25) is 17.5 Å². The first-order valence-corrected chi connectivity index (χ1v) is 11.6. The number of benzene rings is 1. The molecule has 0 radical (unpaired) electrons. The second kappa shape index (κ2) is 11.3. The molecule has 33 heavy (non-hydrogen) atoms. The summed E-state index contributed by atoms with van der Waals surface area (Å²) in [5.41, 5.74) is 0.601. The molecule has 1 fully saturated rings. The molecule has 1 saturated heterocycles. The maximum atomic E-state index is 12.9. The molecule has 0 bridgehead atoms. The number of aromatic nitrogens is 2. The lowest BCUT2D eigenvalue weighted by molar-refractivity contribution is -0.151. The van der Waals surface area contributed by atoms with Crippen molar-refractivity contribution in [3.8, 4) is 28.7 Å². The molecule has 0 spiro atoms. The molecule has 2 aromatic rings. The van der Waals surface area contributed by atoms with E-state index < -0.39 is 5.25 Å². The fourth-order valence-electron chi connectivity index (χ4n) is 3.63. The van der Waals surface area contributed by atoms with Crippen LogP contribution in [0.1, 0.15) is 26.7 Å². The highest BCUT2D eigenvalue weighted by molar-refractivity contribution is 8.00. The standard InChI is InChI=1S/C22H29N3O7S/c1-6-31-21(27)14-7-9-25(10-8-14)20(26)13(2)33-22-24-23-19(32-22)15-11-16(28-3)18(30-5)17(12-15)29-4/h11-14H,6-10H2,1-5H3. The topological polar surface area (TPSA) is 113 Å². The lowest BCUT2D eigenvalue weighted by Crippen LogP contribution is -2.43. The summed E-state index contributed by atoms with van der Waals surface area (Å²) in [5, 5.41) is 8.03. The van der Waals surface area contributed by atoms with Gasteiger partial charge in [-0.05, 0) is 38.8 Å². The largest absolute Gasteiger partial charge is 0.493 e. The average molecular weight is 480 g/mol. The fraction of sp³-hybridized carbons (Fsp3) is 0.545. The van der Waals surface area contributed by atoms with Crippen LogP contribution in [-0.2, 0) is 14.3 Å². The number of carbonyl (C=O) groups is 2. The number of methoxy groups -OCH3 is 3. The SMILES string of the molecule is CCOC(=O)C1CCN(C(=O)C(C)Sc2nnc(-c3cc(OC)c(OC)c(OC)c3)o2)CC1. The average Bonchev–Trinajstić information content (AvgIpc) is 3.31. The minimum atomic E-state index is -0.419. The monoisotopic (exact) mass is 479 g/mol. The van der Waals surface area contributed by atoms with E-state index in [1.54, 1.807) is 30.9 Å². The molecule has 2 heterocycles. The van der Waals surface area contributed by atoms with Gasteiger partial charge >= 0.3 is 5.97 Å². The van der Waals surface area contributed by atoms with Gasteiger partial charge < -0.3 is 28.3 Å². The Morgan fingerprint density at radius 3 is 2.30 bits per heavy atom. The predicted octanol–water partition coefficient (Wildman–Crippen LogP) is 3.04. The van der Waals surface area contributed by atoms with E-state index in [2.05, 4.69) is 10.2 Å². The van der Waals surface area contributed by atoms with Crippen molar-refractivity contribution in [2.45, 2.75) is 37.2 Å². The number of carbonyl (C=O) groups excluding carboxylic acids is 2. The van der Waals surface area contributed by atoms with Gasteiger partial charge in [-0.25, -0.2) is 0 Å². The van der Waals surface area contributed by atoms with Crippen molar-refractivity contribution in [3.63, 3.8) is 0 Å². The summed E-state index contributed by atoms with van der Waals surface area (Å²) in [7, 11) is 4.58. The molecular weight excluding hydrogens is 450 g/mol. The molecule has 1 aliphatic rings. The van der Waals surface area contributed by atoms with Crippen LogP contribution in [0, 0.1) is 5.92 Å². The second-order valence-corrected chi connectivity index (χ2v) is 8.69. The Labute approximate surface area is 196 Å². The van der Waals surface area contributed by atoms with Gasteiger partial charge in [0, 0.05) is 18.7 Å². The van der Waals surface area contributed by atoms with Crippen LogP contribution in [0.3, 0.4) is 0 Å². The zero-order chi connectivity index (χ0) is 24.0. The number of piperidine rings is 1. The van der Waals surface area contributed by atoms with E-state index in [4.69, 9.17) is 23.4 Å². The summed E-state index contributed by atoms with van der Waals surface area (Å²) >= 11 is 1.19. The number of rotatable bonds is 9. The van der Waals surface area contributed by atoms with Crippen LogP contribution in [0.5, 0.6) is 17.2 Å². The van der Waals surface area contributed by atoms with E-state index in [1.807, 2.05) is 0 Å². The fourth-order valence-corrected chi connectivity index (χ4v) is 4.40. The molecule has 0 aliphatic carbocycles. The molecule has 3 rings (SSSR count). The van der Waals surface area contributed by atoms with Crippen molar-refractivity contribution >= 4 is 23.6 Å². The first-order valence-electron chi connectivity index (χ1n) is 10.7. The molecule has 1 aromatic carbocycles. The summed E-state index contributed by atoms with van der Waals surface area (Å²) in [6, 6.07) is 3.43. The quantitative estimate of drug-likeness (QED) is 0.393. The van der Waals surface area contributed by atoms with Crippen molar-refractivity contribution in [1.82, 2.24) is 15.1 Å². The van der Waals surface area contributed by atoms with Crippen LogP contribution in [0.15, 0.2) is 21.8 Å². The minimum absolute atomic E-state index is 0.0326. The number of ether oxygens (including phenoxy) is 4. The third-order valence-corrected chi connectivity index (χ3v) is 6.29. The summed E-state index contributed by atoms with van der Waals surface area (Å²) in [4.78, 5) is 26.5. The number of nitrogens with zero attached hydrogens (tertiary/aromatic N) is 3. The van der Waals surface area contributed by atoms with Crippen molar-refractivity contribution in [2.24, 2.45) is 5.92 Å². The highest BCUT2D eigenvalue weighted by Crippen LogP contribution is 2.41. The molecule has 180 valence electrons. The molecule has 1 amide bonds. The van der Waals surface area contributed by atoms with E-state index in [9.17, 15) is 9.59 Å². The number of thioether (sulfide) groups is 1. The molecule has 1 atom stereocenters. The lowest BCUT2D eigenvalue weighted by Gasteiger charge is -2.32. The molecule has 1 unspecified atom stereocenters. The number of hydrogen-bond acceptors (Lipinski definition) is 10. The minimum Gasteiger partial charge on any atom is -0.493 e. The molecule has 1 aromatic heterocycles. The van der Waals surface area contributed by atoms with Crippen molar-refractivity contribution < 1.29 is 33.0 Å². The van der Waals surface area contributed by atoms with Gasteiger partial charge in [-0.15, -0.1) is 10.2 Å². The zero-order valence-electron chi connectivity index (χ0n) is 19.5. The molecule has 1 aliphatic heterocycles. The Balaban J connectivity index is 1.64. The molecule has 0 N–H and O–H groups in total.